The zero-order valence-corrected chi connectivity index (χ0v) is 16.4. The molecular weight excluding hydrogens is 370 g/mol. The van der Waals surface area contributed by atoms with Crippen LogP contribution < -0.4 is 9.64 Å². The highest BCUT2D eigenvalue weighted by atomic mass is 16.5. The summed E-state index contributed by atoms with van der Waals surface area (Å²) in [6, 6.07) is 11.8. The van der Waals surface area contributed by atoms with Crippen molar-refractivity contribution in [2.75, 3.05) is 18.6 Å². The van der Waals surface area contributed by atoms with Crippen molar-refractivity contribution in [2.45, 2.75) is 26.2 Å². The van der Waals surface area contributed by atoms with Crippen LogP contribution in [0.15, 0.2) is 53.7 Å². The van der Waals surface area contributed by atoms with Crippen molar-refractivity contribution in [3.8, 4) is 5.75 Å². The lowest BCUT2D eigenvalue weighted by Gasteiger charge is -2.37. The van der Waals surface area contributed by atoms with Crippen LogP contribution in [0.25, 0.3) is 0 Å². The molecular formula is C23H21NO5. The number of carbonyl (C=O) groups excluding carboxylic acids is 3. The van der Waals surface area contributed by atoms with E-state index in [1.165, 1.54) is 13.2 Å². The van der Waals surface area contributed by atoms with Crippen molar-refractivity contribution in [2.24, 2.45) is 0 Å². The number of aryl methyl sites for hydroxylation is 1. The summed E-state index contributed by atoms with van der Waals surface area (Å²) >= 11 is 0. The van der Waals surface area contributed by atoms with Gasteiger partial charge in [0.2, 0.25) is 0 Å². The number of hydrogen-bond donors (Lipinski definition) is 0. The highest BCUT2D eigenvalue weighted by Gasteiger charge is 2.29. The molecule has 6 heteroatoms. The van der Waals surface area contributed by atoms with E-state index >= 15 is 0 Å². The molecule has 2 aliphatic rings. The predicted molar refractivity (Wildman–Crippen MR) is 107 cm³/mol. The van der Waals surface area contributed by atoms with E-state index in [0.717, 1.165) is 35.4 Å². The zero-order chi connectivity index (χ0) is 20.5. The van der Waals surface area contributed by atoms with E-state index in [2.05, 4.69) is 4.90 Å². The molecule has 0 bridgehead atoms. The van der Waals surface area contributed by atoms with Crippen LogP contribution in [0, 0.1) is 0 Å². The Balaban J connectivity index is 1.57. The van der Waals surface area contributed by atoms with Crippen LogP contribution in [0.3, 0.4) is 0 Å². The standard InChI is InChI=1S/C23H21NO5/c1-14-19-8-6-15-12-17(7-9-20(15)24(19)11-10-21(14)25)23(27)29-18-5-3-4-16(13-18)22(26)28-2/h3-5,7,9,12-13H,6,8,10-11H2,1-2H3. The average molecular weight is 391 g/mol. The maximum Gasteiger partial charge on any atom is 0.343 e. The highest BCUT2D eigenvalue weighted by molar-refractivity contribution is 5.98. The number of esters is 2. The Morgan fingerprint density at radius 2 is 1.76 bits per heavy atom. The van der Waals surface area contributed by atoms with Gasteiger partial charge in [-0.25, -0.2) is 9.59 Å². The van der Waals surface area contributed by atoms with E-state index in [-0.39, 0.29) is 11.5 Å². The SMILES string of the molecule is COC(=O)c1cccc(OC(=O)c2ccc3c(c2)CCC2=C(C)C(=O)CCN23)c1. The fraction of sp³-hybridized carbons (Fsp3) is 0.261. The van der Waals surface area contributed by atoms with Crippen LogP contribution in [-0.2, 0) is 16.0 Å². The molecule has 6 nitrogen and oxygen atoms in total. The monoisotopic (exact) mass is 391 g/mol. The number of methoxy groups -OCH3 is 1. The molecule has 0 saturated carbocycles. The molecule has 0 fully saturated rings. The summed E-state index contributed by atoms with van der Waals surface area (Å²) in [4.78, 5) is 38.4. The number of nitrogens with zero attached hydrogens (tertiary/aromatic N) is 1. The molecule has 0 unspecified atom stereocenters. The number of Topliss-reactive ketones (excluding diaryl/α,β-unsaturated/α-hetero) is 1. The molecule has 4 rings (SSSR count). The van der Waals surface area contributed by atoms with Crippen LogP contribution >= 0.6 is 0 Å². The highest BCUT2D eigenvalue weighted by Crippen LogP contribution is 2.37. The van der Waals surface area contributed by atoms with Crippen molar-refractivity contribution in [1.82, 2.24) is 0 Å². The molecule has 0 aliphatic carbocycles. The molecule has 2 aliphatic heterocycles. The second-order valence-electron chi connectivity index (χ2n) is 7.15. The number of carbonyl (C=O) groups is 3. The number of fused-ring (bicyclic) bond motifs is 3. The number of ketones is 1. The molecule has 2 aromatic carbocycles. The number of allylic oxidation sites excluding steroid dienone is 2. The fourth-order valence-electron chi connectivity index (χ4n) is 3.89. The smallest absolute Gasteiger partial charge is 0.343 e. The van der Waals surface area contributed by atoms with Gasteiger partial charge in [-0.2, -0.15) is 0 Å². The van der Waals surface area contributed by atoms with E-state index in [0.29, 0.717) is 24.1 Å². The molecule has 0 N–H and O–H groups in total. The lowest BCUT2D eigenvalue weighted by atomic mass is 9.91. The molecule has 0 radical (unpaired) electrons. The van der Waals surface area contributed by atoms with E-state index in [9.17, 15) is 14.4 Å². The Hall–Kier alpha value is -3.41. The summed E-state index contributed by atoms with van der Waals surface area (Å²) in [7, 11) is 1.30. The topological polar surface area (TPSA) is 72.9 Å². The number of anilines is 1. The zero-order valence-electron chi connectivity index (χ0n) is 16.4. The van der Waals surface area contributed by atoms with E-state index < -0.39 is 11.9 Å². The average Bonchev–Trinajstić information content (AvgIpc) is 2.75. The minimum atomic E-state index is -0.490. The number of rotatable bonds is 3. The molecule has 0 spiro atoms. The van der Waals surface area contributed by atoms with Gasteiger partial charge in [-0.1, -0.05) is 6.07 Å². The number of benzene rings is 2. The predicted octanol–water partition coefficient (Wildman–Crippen LogP) is 3.69. The maximum atomic E-state index is 12.6. The minimum Gasteiger partial charge on any atom is -0.465 e. The first kappa shape index (κ1) is 18.9. The Morgan fingerprint density at radius 1 is 0.966 bits per heavy atom. The normalized spacial score (nSPS) is 15.5. The first-order valence-corrected chi connectivity index (χ1v) is 9.52. The fourth-order valence-corrected chi connectivity index (χ4v) is 3.89. The molecule has 29 heavy (non-hydrogen) atoms. The van der Waals surface area contributed by atoms with Gasteiger partial charge in [0, 0.05) is 29.9 Å². The quantitative estimate of drug-likeness (QED) is 0.587. The van der Waals surface area contributed by atoms with E-state index in [1.807, 2.05) is 19.1 Å². The van der Waals surface area contributed by atoms with Gasteiger partial charge in [0.15, 0.2) is 5.78 Å². The van der Waals surface area contributed by atoms with Crippen LogP contribution in [0.5, 0.6) is 5.75 Å². The van der Waals surface area contributed by atoms with E-state index in [1.54, 1.807) is 24.3 Å². The van der Waals surface area contributed by atoms with Gasteiger partial charge in [-0.15, -0.1) is 0 Å². The largest absolute Gasteiger partial charge is 0.465 e. The lowest BCUT2D eigenvalue weighted by molar-refractivity contribution is -0.115. The van der Waals surface area contributed by atoms with Gasteiger partial charge >= 0.3 is 11.9 Å². The molecule has 0 saturated heterocycles. The molecule has 2 heterocycles. The third-order valence-electron chi connectivity index (χ3n) is 5.44. The van der Waals surface area contributed by atoms with Gasteiger partial charge in [-0.05, 0) is 61.7 Å². The summed E-state index contributed by atoms with van der Waals surface area (Å²) in [5.41, 5.74) is 4.80. The van der Waals surface area contributed by atoms with Gasteiger partial charge in [0.25, 0.3) is 0 Å². The summed E-state index contributed by atoms with van der Waals surface area (Å²) in [6.45, 7) is 2.56. The Labute approximate surface area is 168 Å². The van der Waals surface area contributed by atoms with Crippen molar-refractivity contribution in [1.29, 1.82) is 0 Å². The maximum absolute atomic E-state index is 12.6. The van der Waals surface area contributed by atoms with Crippen molar-refractivity contribution in [3.05, 3.63) is 70.4 Å². The summed E-state index contributed by atoms with van der Waals surface area (Å²) in [6.07, 6.45) is 2.06. The molecule has 0 amide bonds. The first-order chi connectivity index (χ1) is 14.0. The Morgan fingerprint density at radius 3 is 2.55 bits per heavy atom. The number of ether oxygens (including phenoxy) is 2. The van der Waals surface area contributed by atoms with Crippen molar-refractivity contribution < 1.29 is 23.9 Å². The summed E-state index contributed by atoms with van der Waals surface area (Å²) < 4.78 is 10.1. The second kappa shape index (κ2) is 7.54. The Kier molecular flexibility index (Phi) is 4.92. The third-order valence-corrected chi connectivity index (χ3v) is 5.44. The van der Waals surface area contributed by atoms with Gasteiger partial charge in [0.05, 0.1) is 18.2 Å². The summed E-state index contributed by atoms with van der Waals surface area (Å²) in [5, 5.41) is 0. The van der Waals surface area contributed by atoms with Crippen LogP contribution in [0.1, 0.15) is 46.0 Å². The summed E-state index contributed by atoms with van der Waals surface area (Å²) in [5.74, 6) is -0.475. The lowest BCUT2D eigenvalue weighted by Crippen LogP contribution is -2.35. The first-order valence-electron chi connectivity index (χ1n) is 9.52. The Bertz CT molecular complexity index is 1050. The third kappa shape index (κ3) is 3.53. The van der Waals surface area contributed by atoms with Gasteiger partial charge in [0.1, 0.15) is 5.75 Å². The molecule has 148 valence electrons. The van der Waals surface area contributed by atoms with Gasteiger partial charge in [-0.3, -0.25) is 4.79 Å². The van der Waals surface area contributed by atoms with Crippen molar-refractivity contribution in [3.63, 3.8) is 0 Å². The van der Waals surface area contributed by atoms with Crippen LogP contribution in [0.4, 0.5) is 5.69 Å². The van der Waals surface area contributed by atoms with Crippen LogP contribution in [0.2, 0.25) is 0 Å². The minimum absolute atomic E-state index is 0.217. The van der Waals surface area contributed by atoms with E-state index in [4.69, 9.17) is 9.47 Å². The molecule has 0 atom stereocenters. The second-order valence-corrected chi connectivity index (χ2v) is 7.15. The van der Waals surface area contributed by atoms with Gasteiger partial charge < -0.3 is 14.4 Å². The molecule has 2 aromatic rings. The molecule has 0 aromatic heterocycles. The van der Waals surface area contributed by atoms with Crippen molar-refractivity contribution >= 4 is 23.4 Å². The van der Waals surface area contributed by atoms with Crippen LogP contribution in [-0.4, -0.2) is 31.4 Å². The number of hydrogen-bond acceptors (Lipinski definition) is 6.